The van der Waals surface area contributed by atoms with Crippen molar-refractivity contribution in [2.24, 2.45) is 0 Å². The summed E-state index contributed by atoms with van der Waals surface area (Å²) in [6.45, 7) is 2.70. The lowest BCUT2D eigenvalue weighted by atomic mass is 10.2. The van der Waals surface area contributed by atoms with E-state index < -0.39 is 0 Å². The van der Waals surface area contributed by atoms with Crippen LogP contribution in [0.1, 0.15) is 6.42 Å². The molecule has 1 fully saturated rings. The second kappa shape index (κ2) is 5.78. The largest absolute Gasteiger partial charge is 0.349 e. The van der Waals surface area contributed by atoms with Crippen LogP contribution < -0.4 is 10.6 Å². The lowest BCUT2D eigenvalue weighted by molar-refractivity contribution is -0.117. The molecule has 1 saturated heterocycles. The first-order valence-corrected chi connectivity index (χ1v) is 5.01. The van der Waals surface area contributed by atoms with Gasteiger partial charge in [-0.2, -0.15) is 0 Å². The van der Waals surface area contributed by atoms with Crippen molar-refractivity contribution >= 4 is 5.91 Å². The van der Waals surface area contributed by atoms with Gasteiger partial charge in [0.05, 0.1) is 0 Å². The lowest BCUT2D eigenvalue weighted by Crippen LogP contribution is -2.35. The molecule has 1 atom stereocenters. The van der Waals surface area contributed by atoms with Gasteiger partial charge < -0.3 is 15.5 Å². The number of carbonyl (C=O) groups is 1. The molecule has 1 unspecified atom stereocenters. The smallest absolute Gasteiger partial charge is 0.243 e. The topological polar surface area (TPSA) is 44.4 Å². The fourth-order valence-corrected chi connectivity index (χ4v) is 1.40. The molecule has 80 valence electrons. The van der Waals surface area contributed by atoms with Gasteiger partial charge in [-0.25, -0.2) is 0 Å². The van der Waals surface area contributed by atoms with Gasteiger partial charge in [0.2, 0.25) is 5.91 Å². The zero-order valence-electron chi connectivity index (χ0n) is 8.92. The van der Waals surface area contributed by atoms with E-state index in [-0.39, 0.29) is 5.91 Å². The Balaban J connectivity index is 2.17. The third kappa shape index (κ3) is 4.39. The van der Waals surface area contributed by atoms with Crippen LogP contribution in [0.4, 0.5) is 0 Å². The Morgan fingerprint density at radius 2 is 2.43 bits per heavy atom. The van der Waals surface area contributed by atoms with Crippen LogP contribution in [0.25, 0.3) is 0 Å². The molecule has 0 aromatic heterocycles. The Morgan fingerprint density at radius 1 is 1.64 bits per heavy atom. The summed E-state index contributed by atoms with van der Waals surface area (Å²) >= 11 is 0. The number of nitrogens with one attached hydrogen (secondary N) is 2. The highest BCUT2D eigenvalue weighted by molar-refractivity contribution is 5.87. The Bertz CT molecular complexity index is 207. The van der Waals surface area contributed by atoms with Crippen molar-refractivity contribution in [3.05, 3.63) is 12.2 Å². The van der Waals surface area contributed by atoms with Crippen molar-refractivity contribution in [3.8, 4) is 0 Å². The molecular formula is C10H19N3O. The second-order valence-corrected chi connectivity index (χ2v) is 3.86. The van der Waals surface area contributed by atoms with Crippen LogP contribution >= 0.6 is 0 Å². The molecule has 1 aliphatic heterocycles. The standard InChI is InChI=1S/C10H19N3O/c1-13(2)7-3-4-10(14)12-9-5-6-11-8-9/h3-4,9,11H,5-8H2,1-2H3,(H,12,14)/b4-3+. The molecule has 0 saturated carbocycles. The number of amides is 1. The third-order valence-corrected chi connectivity index (χ3v) is 2.15. The molecule has 2 N–H and O–H groups in total. The molecule has 0 aromatic rings. The highest BCUT2D eigenvalue weighted by Gasteiger charge is 2.14. The summed E-state index contributed by atoms with van der Waals surface area (Å²) < 4.78 is 0. The molecule has 1 heterocycles. The fourth-order valence-electron chi connectivity index (χ4n) is 1.40. The average Bonchev–Trinajstić information content (AvgIpc) is 2.56. The summed E-state index contributed by atoms with van der Waals surface area (Å²) in [7, 11) is 3.95. The number of carbonyl (C=O) groups excluding carboxylic acids is 1. The molecule has 0 spiro atoms. The van der Waals surface area contributed by atoms with Crippen molar-refractivity contribution in [1.82, 2.24) is 15.5 Å². The van der Waals surface area contributed by atoms with Crippen LogP contribution in [-0.4, -0.2) is 50.6 Å². The number of rotatable bonds is 4. The molecule has 1 amide bonds. The van der Waals surface area contributed by atoms with Crippen LogP contribution in [0, 0.1) is 0 Å². The molecule has 14 heavy (non-hydrogen) atoms. The summed E-state index contributed by atoms with van der Waals surface area (Å²) in [5.41, 5.74) is 0. The maximum absolute atomic E-state index is 11.3. The summed E-state index contributed by atoms with van der Waals surface area (Å²) in [6, 6.07) is 0.312. The summed E-state index contributed by atoms with van der Waals surface area (Å²) in [4.78, 5) is 13.4. The Labute approximate surface area is 85.3 Å². The van der Waals surface area contributed by atoms with E-state index in [9.17, 15) is 4.79 Å². The molecule has 1 rings (SSSR count). The molecule has 4 nitrogen and oxygen atoms in total. The van der Waals surface area contributed by atoms with E-state index in [0.29, 0.717) is 6.04 Å². The van der Waals surface area contributed by atoms with Gasteiger partial charge in [0.25, 0.3) is 0 Å². The van der Waals surface area contributed by atoms with Crippen molar-refractivity contribution in [2.75, 3.05) is 33.7 Å². The normalized spacial score (nSPS) is 22.1. The maximum Gasteiger partial charge on any atom is 0.243 e. The molecule has 0 bridgehead atoms. The Morgan fingerprint density at radius 3 is 3.00 bits per heavy atom. The SMILES string of the molecule is CN(C)C/C=C/C(=O)NC1CCNC1. The zero-order valence-corrected chi connectivity index (χ0v) is 8.92. The van der Waals surface area contributed by atoms with E-state index in [0.717, 1.165) is 26.1 Å². The first-order valence-electron chi connectivity index (χ1n) is 5.01. The van der Waals surface area contributed by atoms with Gasteiger partial charge in [-0.3, -0.25) is 4.79 Å². The lowest BCUT2D eigenvalue weighted by Gasteiger charge is -2.09. The molecule has 4 heteroatoms. The van der Waals surface area contributed by atoms with Crippen molar-refractivity contribution in [1.29, 1.82) is 0 Å². The predicted molar refractivity (Wildman–Crippen MR) is 57.1 cm³/mol. The van der Waals surface area contributed by atoms with Gasteiger partial charge in [-0.1, -0.05) is 6.08 Å². The van der Waals surface area contributed by atoms with Crippen LogP contribution in [0.5, 0.6) is 0 Å². The van der Waals surface area contributed by atoms with E-state index in [1.165, 1.54) is 0 Å². The highest BCUT2D eigenvalue weighted by atomic mass is 16.1. The maximum atomic E-state index is 11.3. The fraction of sp³-hybridized carbons (Fsp3) is 0.700. The van der Waals surface area contributed by atoms with Crippen LogP contribution in [0.2, 0.25) is 0 Å². The first kappa shape index (κ1) is 11.2. The van der Waals surface area contributed by atoms with E-state index in [4.69, 9.17) is 0 Å². The highest BCUT2D eigenvalue weighted by Crippen LogP contribution is 1.96. The van der Waals surface area contributed by atoms with Gasteiger partial charge in [0.1, 0.15) is 0 Å². The third-order valence-electron chi connectivity index (χ3n) is 2.15. The Kier molecular flexibility index (Phi) is 4.62. The van der Waals surface area contributed by atoms with Crippen LogP contribution in [0.15, 0.2) is 12.2 Å². The molecule has 1 aliphatic rings. The molecular weight excluding hydrogens is 178 g/mol. The summed E-state index contributed by atoms with van der Waals surface area (Å²) in [6.07, 6.45) is 4.52. The first-order chi connectivity index (χ1) is 6.68. The number of hydrogen-bond donors (Lipinski definition) is 2. The van der Waals surface area contributed by atoms with Gasteiger partial charge in [-0.15, -0.1) is 0 Å². The number of likely N-dealkylation sites (N-methyl/N-ethyl adjacent to an activating group) is 1. The van der Waals surface area contributed by atoms with Gasteiger partial charge in [0, 0.05) is 25.2 Å². The molecule has 0 aliphatic carbocycles. The number of nitrogens with zero attached hydrogens (tertiary/aromatic N) is 1. The minimum atomic E-state index is 0.0144. The van der Waals surface area contributed by atoms with E-state index in [2.05, 4.69) is 10.6 Å². The predicted octanol–water partition coefficient (Wildman–Crippen LogP) is -0.418. The van der Waals surface area contributed by atoms with E-state index in [1.807, 2.05) is 25.1 Å². The monoisotopic (exact) mass is 197 g/mol. The minimum Gasteiger partial charge on any atom is -0.349 e. The molecule has 0 aromatic carbocycles. The van der Waals surface area contributed by atoms with Gasteiger partial charge in [-0.05, 0) is 27.1 Å². The van der Waals surface area contributed by atoms with E-state index >= 15 is 0 Å². The van der Waals surface area contributed by atoms with Gasteiger partial charge >= 0.3 is 0 Å². The van der Waals surface area contributed by atoms with Crippen LogP contribution in [-0.2, 0) is 4.79 Å². The summed E-state index contributed by atoms with van der Waals surface area (Å²) in [5, 5.41) is 6.15. The van der Waals surface area contributed by atoms with Crippen molar-refractivity contribution in [2.45, 2.75) is 12.5 Å². The minimum absolute atomic E-state index is 0.0144. The Hall–Kier alpha value is -0.870. The average molecular weight is 197 g/mol. The second-order valence-electron chi connectivity index (χ2n) is 3.86. The zero-order chi connectivity index (χ0) is 10.4. The molecule has 0 radical (unpaired) electrons. The van der Waals surface area contributed by atoms with Crippen LogP contribution in [0.3, 0.4) is 0 Å². The van der Waals surface area contributed by atoms with Gasteiger partial charge in [0.15, 0.2) is 0 Å². The summed E-state index contributed by atoms with van der Waals surface area (Å²) in [5.74, 6) is 0.0144. The van der Waals surface area contributed by atoms with Crippen molar-refractivity contribution in [3.63, 3.8) is 0 Å². The quantitative estimate of drug-likeness (QED) is 0.602. The van der Waals surface area contributed by atoms with E-state index in [1.54, 1.807) is 6.08 Å². The van der Waals surface area contributed by atoms with Crippen molar-refractivity contribution < 1.29 is 4.79 Å². The number of hydrogen-bond acceptors (Lipinski definition) is 3.